The fourth-order valence-corrected chi connectivity index (χ4v) is 3.67. The smallest absolute Gasteiger partial charge is 0.435 e. The Balaban J connectivity index is 1.85. The van der Waals surface area contributed by atoms with Crippen LogP contribution < -0.4 is 0 Å². The van der Waals surface area contributed by atoms with Gasteiger partial charge in [0.1, 0.15) is 12.4 Å². The van der Waals surface area contributed by atoms with Gasteiger partial charge < -0.3 is 14.4 Å². The second-order valence-electron chi connectivity index (χ2n) is 6.85. The van der Waals surface area contributed by atoms with Crippen LogP contribution in [-0.2, 0) is 9.47 Å². The van der Waals surface area contributed by atoms with Gasteiger partial charge >= 0.3 is 6.09 Å². The average Bonchev–Trinajstić information content (AvgIpc) is 2.53. The number of hydrogen-bond donors (Lipinski definition) is 0. The fraction of sp³-hybridized carbons (Fsp3) is 0.875. The molecule has 0 atom stereocenters. The van der Waals surface area contributed by atoms with Gasteiger partial charge in [0.05, 0.1) is 13.2 Å². The normalized spacial score (nSPS) is 21.3. The van der Waals surface area contributed by atoms with E-state index in [2.05, 4.69) is 35.6 Å². The van der Waals surface area contributed by atoms with Gasteiger partial charge in [0.25, 0.3) is 0 Å². The van der Waals surface area contributed by atoms with Crippen molar-refractivity contribution < 1.29 is 14.3 Å². The maximum atomic E-state index is 12.1. The largest absolute Gasteiger partial charge is 0.447 e. The van der Waals surface area contributed by atoms with Gasteiger partial charge in [-0.05, 0) is 0 Å². The van der Waals surface area contributed by atoms with Crippen molar-refractivity contribution in [1.82, 2.24) is 9.80 Å². The number of carbonyl (C=O) groups is 1. The van der Waals surface area contributed by atoms with Crippen LogP contribution in [0.25, 0.3) is 0 Å². The van der Waals surface area contributed by atoms with Gasteiger partial charge in [-0.15, -0.1) is 0 Å². The van der Waals surface area contributed by atoms with Crippen molar-refractivity contribution >= 4 is 23.7 Å². The maximum absolute atomic E-state index is 12.1. The first kappa shape index (κ1) is 18.5. The standard InChI is InChI=1S/C16H29N3O3S/c1-16(2,3)14(19-5-9-21-10-6-19)17-15(20)22-11-4-18-7-12-23-13-8-18/h4-13H2,1-3H3/b17-14-. The van der Waals surface area contributed by atoms with Crippen molar-refractivity contribution in [3.8, 4) is 0 Å². The molecule has 0 saturated carbocycles. The van der Waals surface area contributed by atoms with E-state index in [0.29, 0.717) is 19.8 Å². The topological polar surface area (TPSA) is 54.4 Å². The number of aliphatic imine (C=N–C) groups is 1. The van der Waals surface area contributed by atoms with Crippen LogP contribution in [0.3, 0.4) is 0 Å². The van der Waals surface area contributed by atoms with Gasteiger partial charge in [0, 0.05) is 49.6 Å². The van der Waals surface area contributed by atoms with Crippen molar-refractivity contribution in [1.29, 1.82) is 0 Å². The highest BCUT2D eigenvalue weighted by atomic mass is 32.2. The third-order valence-corrected chi connectivity index (χ3v) is 4.86. The Morgan fingerprint density at radius 2 is 1.83 bits per heavy atom. The number of rotatable bonds is 3. The molecule has 2 fully saturated rings. The molecule has 0 aromatic rings. The lowest BCUT2D eigenvalue weighted by atomic mass is 9.93. The van der Waals surface area contributed by atoms with Crippen molar-refractivity contribution in [3.05, 3.63) is 0 Å². The first-order valence-corrected chi connectivity index (χ1v) is 9.51. The second kappa shape index (κ2) is 8.89. The monoisotopic (exact) mass is 343 g/mol. The van der Waals surface area contributed by atoms with E-state index in [0.717, 1.165) is 50.1 Å². The van der Waals surface area contributed by atoms with E-state index < -0.39 is 6.09 Å². The summed E-state index contributed by atoms with van der Waals surface area (Å²) in [6, 6.07) is 0. The van der Waals surface area contributed by atoms with Crippen LogP contribution in [0.2, 0.25) is 0 Å². The molecule has 2 aliphatic heterocycles. The van der Waals surface area contributed by atoms with Crippen LogP contribution in [0, 0.1) is 5.41 Å². The lowest BCUT2D eigenvalue weighted by Gasteiger charge is -2.35. The molecule has 0 bridgehead atoms. The summed E-state index contributed by atoms with van der Waals surface area (Å²) in [5, 5.41) is 0. The summed E-state index contributed by atoms with van der Waals surface area (Å²) in [6.45, 7) is 12.5. The van der Waals surface area contributed by atoms with Gasteiger partial charge in [0.15, 0.2) is 0 Å². The molecule has 6 nitrogen and oxygen atoms in total. The van der Waals surface area contributed by atoms with E-state index in [1.165, 1.54) is 0 Å². The molecule has 0 aliphatic carbocycles. The second-order valence-corrected chi connectivity index (χ2v) is 8.08. The third kappa shape index (κ3) is 6.31. The van der Waals surface area contributed by atoms with E-state index in [1.807, 2.05) is 11.8 Å². The predicted octanol–water partition coefficient (Wildman–Crippen LogP) is 1.95. The van der Waals surface area contributed by atoms with Crippen LogP contribution in [0.5, 0.6) is 0 Å². The van der Waals surface area contributed by atoms with Gasteiger partial charge in [-0.2, -0.15) is 16.8 Å². The van der Waals surface area contributed by atoms with Crippen LogP contribution in [0.1, 0.15) is 20.8 Å². The van der Waals surface area contributed by atoms with Crippen LogP contribution in [0.4, 0.5) is 4.79 Å². The molecule has 7 heteroatoms. The Labute approximate surface area is 143 Å². The Bertz CT molecular complexity index is 411. The van der Waals surface area contributed by atoms with E-state index in [1.54, 1.807) is 0 Å². The number of thioether (sulfide) groups is 1. The van der Waals surface area contributed by atoms with Crippen molar-refractivity contribution in [2.45, 2.75) is 20.8 Å². The zero-order valence-electron chi connectivity index (χ0n) is 14.5. The molecule has 0 aromatic heterocycles. The fourth-order valence-electron chi connectivity index (χ4n) is 2.69. The Hall–Kier alpha value is -0.790. The number of hydrogen-bond acceptors (Lipinski definition) is 5. The van der Waals surface area contributed by atoms with Gasteiger partial charge in [-0.3, -0.25) is 4.90 Å². The molecule has 2 rings (SSSR count). The Morgan fingerprint density at radius 3 is 2.43 bits per heavy atom. The quantitative estimate of drug-likeness (QED) is 0.577. The highest BCUT2D eigenvalue weighted by Gasteiger charge is 2.27. The van der Waals surface area contributed by atoms with Gasteiger partial charge in [-0.1, -0.05) is 20.8 Å². The highest BCUT2D eigenvalue weighted by molar-refractivity contribution is 7.99. The maximum Gasteiger partial charge on any atom is 0.435 e. The zero-order chi connectivity index (χ0) is 16.7. The first-order valence-electron chi connectivity index (χ1n) is 8.35. The van der Waals surface area contributed by atoms with Crippen LogP contribution in [-0.4, -0.2) is 85.8 Å². The van der Waals surface area contributed by atoms with Crippen molar-refractivity contribution in [2.75, 3.05) is 64.1 Å². The lowest BCUT2D eigenvalue weighted by Crippen LogP contribution is -2.46. The highest BCUT2D eigenvalue weighted by Crippen LogP contribution is 2.20. The summed E-state index contributed by atoms with van der Waals surface area (Å²) >= 11 is 1.98. The minimum absolute atomic E-state index is 0.194. The molecular formula is C16H29N3O3S. The summed E-state index contributed by atoms with van der Waals surface area (Å²) in [6.07, 6.45) is -0.479. The number of ether oxygens (including phenoxy) is 2. The number of amidine groups is 1. The Morgan fingerprint density at radius 1 is 1.17 bits per heavy atom. The molecule has 132 valence electrons. The number of nitrogens with zero attached hydrogens (tertiary/aromatic N) is 3. The zero-order valence-corrected chi connectivity index (χ0v) is 15.4. The average molecular weight is 343 g/mol. The third-order valence-electron chi connectivity index (χ3n) is 3.92. The van der Waals surface area contributed by atoms with E-state index in [4.69, 9.17) is 9.47 Å². The molecule has 23 heavy (non-hydrogen) atoms. The molecule has 0 aromatic carbocycles. The molecule has 0 radical (unpaired) electrons. The van der Waals surface area contributed by atoms with E-state index >= 15 is 0 Å². The minimum atomic E-state index is -0.479. The minimum Gasteiger partial charge on any atom is -0.447 e. The molecule has 2 aliphatic rings. The SMILES string of the molecule is CC(C)(C)/C(=N/C(=O)OCCN1CCSCC1)N1CCOCC1. The molecule has 0 spiro atoms. The van der Waals surface area contributed by atoms with Gasteiger partial charge in [-0.25, -0.2) is 4.79 Å². The summed E-state index contributed by atoms with van der Waals surface area (Å²) in [4.78, 5) is 20.8. The summed E-state index contributed by atoms with van der Waals surface area (Å²) in [5.74, 6) is 3.12. The Kier molecular flexibility index (Phi) is 7.17. The molecule has 2 heterocycles. The number of morpholine rings is 1. The molecule has 1 amide bonds. The summed E-state index contributed by atoms with van der Waals surface area (Å²) < 4.78 is 10.7. The number of carbonyl (C=O) groups excluding carboxylic acids is 1. The van der Waals surface area contributed by atoms with E-state index in [-0.39, 0.29) is 5.41 Å². The summed E-state index contributed by atoms with van der Waals surface area (Å²) in [5.41, 5.74) is -0.194. The lowest BCUT2D eigenvalue weighted by molar-refractivity contribution is 0.0641. The van der Waals surface area contributed by atoms with E-state index in [9.17, 15) is 4.79 Å². The van der Waals surface area contributed by atoms with Crippen molar-refractivity contribution in [3.63, 3.8) is 0 Å². The molecule has 2 saturated heterocycles. The number of amides is 1. The molecule has 0 N–H and O–H groups in total. The summed E-state index contributed by atoms with van der Waals surface area (Å²) in [7, 11) is 0. The van der Waals surface area contributed by atoms with Crippen molar-refractivity contribution in [2.24, 2.45) is 10.4 Å². The van der Waals surface area contributed by atoms with Crippen LogP contribution >= 0.6 is 11.8 Å². The van der Waals surface area contributed by atoms with Crippen LogP contribution in [0.15, 0.2) is 4.99 Å². The first-order chi connectivity index (χ1) is 11.0. The van der Waals surface area contributed by atoms with Gasteiger partial charge in [0.2, 0.25) is 0 Å². The predicted molar refractivity (Wildman–Crippen MR) is 94.4 cm³/mol. The molecular weight excluding hydrogens is 314 g/mol. The molecule has 0 unspecified atom stereocenters.